The van der Waals surface area contributed by atoms with Crippen LogP contribution in [-0.4, -0.2) is 18.8 Å². The highest BCUT2D eigenvalue weighted by atomic mass is 32.2. The lowest BCUT2D eigenvalue weighted by Gasteiger charge is -2.21. The number of sulfonamides is 1. The highest BCUT2D eigenvalue weighted by Crippen LogP contribution is 2.34. The molecule has 21 heavy (non-hydrogen) atoms. The van der Waals surface area contributed by atoms with E-state index in [-0.39, 0.29) is 12.6 Å². The van der Waals surface area contributed by atoms with E-state index in [1.54, 1.807) is 0 Å². The molecule has 112 valence electrons. The van der Waals surface area contributed by atoms with E-state index in [1.807, 2.05) is 17.5 Å². The Morgan fingerprint density at radius 1 is 1.24 bits per heavy atom. The van der Waals surface area contributed by atoms with E-state index in [4.69, 9.17) is 0 Å². The minimum atomic E-state index is -3.96. The second-order valence-electron chi connectivity index (χ2n) is 4.94. The molecule has 1 aromatic heterocycles. The summed E-state index contributed by atoms with van der Waals surface area (Å²) in [5.74, 6) is -1.84. The number of hydrogen-bond acceptors (Lipinski definition) is 3. The van der Waals surface area contributed by atoms with Crippen molar-refractivity contribution in [1.82, 2.24) is 4.31 Å². The van der Waals surface area contributed by atoms with Crippen molar-refractivity contribution < 1.29 is 17.2 Å². The molecule has 1 heterocycles. The van der Waals surface area contributed by atoms with Gasteiger partial charge in [-0.15, -0.1) is 11.3 Å². The van der Waals surface area contributed by atoms with Crippen molar-refractivity contribution in [2.45, 2.75) is 30.3 Å². The summed E-state index contributed by atoms with van der Waals surface area (Å²) < 4.78 is 53.4. The SMILES string of the molecule is O=S(=O)(c1ccc(F)cc1F)N(Cc1cccs1)C1CC1. The molecular formula is C14H13F2NO2S2. The summed E-state index contributed by atoms with van der Waals surface area (Å²) >= 11 is 1.45. The Balaban J connectivity index is 1.97. The lowest BCUT2D eigenvalue weighted by molar-refractivity contribution is 0.397. The van der Waals surface area contributed by atoms with Crippen LogP contribution in [-0.2, 0) is 16.6 Å². The van der Waals surface area contributed by atoms with Gasteiger partial charge in [-0.1, -0.05) is 6.07 Å². The molecule has 1 saturated carbocycles. The fourth-order valence-corrected chi connectivity index (χ4v) is 4.63. The first-order valence-electron chi connectivity index (χ1n) is 6.48. The molecular weight excluding hydrogens is 316 g/mol. The minimum Gasteiger partial charge on any atom is -0.207 e. The molecule has 7 heteroatoms. The number of thiophene rings is 1. The number of halogens is 2. The number of benzene rings is 1. The van der Waals surface area contributed by atoms with Crippen LogP contribution in [0.25, 0.3) is 0 Å². The highest BCUT2D eigenvalue weighted by Gasteiger charge is 2.39. The Morgan fingerprint density at radius 2 is 2.00 bits per heavy atom. The van der Waals surface area contributed by atoms with Gasteiger partial charge in [-0.2, -0.15) is 4.31 Å². The van der Waals surface area contributed by atoms with Gasteiger partial charge in [-0.25, -0.2) is 17.2 Å². The number of rotatable bonds is 5. The lowest BCUT2D eigenvalue weighted by Crippen LogP contribution is -2.33. The van der Waals surface area contributed by atoms with Gasteiger partial charge in [0, 0.05) is 23.5 Å². The third-order valence-corrected chi connectivity index (χ3v) is 6.12. The molecule has 0 unspecified atom stereocenters. The molecule has 0 saturated heterocycles. The molecule has 0 N–H and O–H groups in total. The predicted molar refractivity (Wildman–Crippen MR) is 76.4 cm³/mol. The van der Waals surface area contributed by atoms with Gasteiger partial charge >= 0.3 is 0 Å². The maximum atomic E-state index is 13.8. The summed E-state index contributed by atoms with van der Waals surface area (Å²) in [6.07, 6.45) is 1.54. The zero-order valence-electron chi connectivity index (χ0n) is 11.0. The van der Waals surface area contributed by atoms with E-state index in [1.165, 1.54) is 15.6 Å². The van der Waals surface area contributed by atoms with E-state index in [2.05, 4.69) is 0 Å². The van der Waals surface area contributed by atoms with E-state index in [9.17, 15) is 17.2 Å². The normalized spacial score (nSPS) is 15.6. The predicted octanol–water partition coefficient (Wildman–Crippen LogP) is 3.38. The monoisotopic (exact) mass is 329 g/mol. The van der Waals surface area contributed by atoms with Crippen LogP contribution >= 0.6 is 11.3 Å². The van der Waals surface area contributed by atoms with E-state index < -0.39 is 26.6 Å². The average molecular weight is 329 g/mol. The van der Waals surface area contributed by atoms with E-state index in [0.717, 1.165) is 29.9 Å². The zero-order valence-corrected chi connectivity index (χ0v) is 12.6. The van der Waals surface area contributed by atoms with Crippen LogP contribution in [0.5, 0.6) is 0 Å². The van der Waals surface area contributed by atoms with Crippen LogP contribution in [0, 0.1) is 11.6 Å². The van der Waals surface area contributed by atoms with Gasteiger partial charge in [0.2, 0.25) is 10.0 Å². The van der Waals surface area contributed by atoms with E-state index in [0.29, 0.717) is 6.07 Å². The Labute approximate surface area is 125 Å². The van der Waals surface area contributed by atoms with E-state index >= 15 is 0 Å². The van der Waals surface area contributed by atoms with Gasteiger partial charge in [0.05, 0.1) is 0 Å². The molecule has 1 aliphatic rings. The van der Waals surface area contributed by atoms with Crippen molar-refractivity contribution in [3.8, 4) is 0 Å². The second kappa shape index (κ2) is 5.47. The Morgan fingerprint density at radius 3 is 2.57 bits per heavy atom. The Kier molecular flexibility index (Phi) is 3.81. The molecule has 1 fully saturated rings. The quantitative estimate of drug-likeness (QED) is 0.843. The molecule has 1 aromatic carbocycles. The first-order chi connectivity index (χ1) is 9.98. The summed E-state index contributed by atoms with van der Waals surface area (Å²) in [5, 5.41) is 1.87. The second-order valence-corrected chi connectivity index (χ2v) is 7.83. The molecule has 0 bridgehead atoms. The summed E-state index contributed by atoms with van der Waals surface area (Å²) in [7, 11) is -3.96. The molecule has 0 radical (unpaired) electrons. The van der Waals surface area contributed by atoms with Crippen molar-refractivity contribution in [3.05, 3.63) is 52.2 Å². The topological polar surface area (TPSA) is 37.4 Å². The molecule has 1 aliphatic carbocycles. The Hall–Kier alpha value is -1.31. The summed E-state index contributed by atoms with van der Waals surface area (Å²) in [5.41, 5.74) is 0. The van der Waals surface area contributed by atoms with Gasteiger partial charge in [-0.3, -0.25) is 0 Å². The smallest absolute Gasteiger partial charge is 0.207 e. The molecule has 3 nitrogen and oxygen atoms in total. The molecule has 0 aliphatic heterocycles. The van der Waals surface area contributed by atoms with Crippen molar-refractivity contribution >= 4 is 21.4 Å². The van der Waals surface area contributed by atoms with Crippen molar-refractivity contribution in [3.63, 3.8) is 0 Å². The van der Waals surface area contributed by atoms with Crippen molar-refractivity contribution in [1.29, 1.82) is 0 Å². The largest absolute Gasteiger partial charge is 0.246 e. The third-order valence-electron chi connectivity index (χ3n) is 3.33. The third kappa shape index (κ3) is 3.00. The number of hydrogen-bond donors (Lipinski definition) is 0. The first kappa shape index (κ1) is 14.6. The average Bonchev–Trinajstić information content (AvgIpc) is 3.11. The van der Waals surface area contributed by atoms with Gasteiger partial charge in [0.25, 0.3) is 0 Å². The van der Waals surface area contributed by atoms with Crippen LogP contribution in [0.2, 0.25) is 0 Å². The molecule has 0 spiro atoms. The summed E-state index contributed by atoms with van der Waals surface area (Å²) in [6, 6.07) is 6.15. The van der Waals surface area contributed by atoms with Crippen molar-refractivity contribution in [2.24, 2.45) is 0 Å². The molecule has 0 atom stereocenters. The van der Waals surface area contributed by atoms with Gasteiger partial charge in [-0.05, 0) is 36.4 Å². The first-order valence-corrected chi connectivity index (χ1v) is 8.80. The lowest BCUT2D eigenvalue weighted by atomic mass is 10.3. The molecule has 0 amide bonds. The van der Waals surface area contributed by atoms with Crippen LogP contribution in [0.15, 0.2) is 40.6 Å². The van der Waals surface area contributed by atoms with Crippen LogP contribution < -0.4 is 0 Å². The van der Waals surface area contributed by atoms with Crippen molar-refractivity contribution in [2.75, 3.05) is 0 Å². The summed E-state index contributed by atoms with van der Waals surface area (Å²) in [6.45, 7) is 0.224. The fourth-order valence-electron chi connectivity index (χ4n) is 2.14. The molecule has 3 rings (SSSR count). The standard InChI is InChI=1S/C14H13F2NO2S2/c15-10-3-6-14(13(16)8-10)21(18,19)17(11-4-5-11)9-12-2-1-7-20-12/h1-3,6-8,11H,4-5,9H2. The van der Waals surface area contributed by atoms with Gasteiger partial charge in [0.1, 0.15) is 16.5 Å². The van der Waals surface area contributed by atoms with Crippen LogP contribution in [0.4, 0.5) is 8.78 Å². The number of nitrogens with zero attached hydrogens (tertiary/aromatic N) is 1. The van der Waals surface area contributed by atoms with Crippen LogP contribution in [0.1, 0.15) is 17.7 Å². The molecule has 2 aromatic rings. The maximum absolute atomic E-state index is 13.8. The highest BCUT2D eigenvalue weighted by molar-refractivity contribution is 7.89. The van der Waals surface area contributed by atoms with Crippen LogP contribution in [0.3, 0.4) is 0 Å². The van der Waals surface area contributed by atoms with Gasteiger partial charge in [0.15, 0.2) is 0 Å². The Bertz CT molecular complexity index is 740. The maximum Gasteiger partial charge on any atom is 0.246 e. The summed E-state index contributed by atoms with van der Waals surface area (Å²) in [4.78, 5) is 0.431. The van der Waals surface area contributed by atoms with Gasteiger partial charge < -0.3 is 0 Å². The fraction of sp³-hybridized carbons (Fsp3) is 0.286. The zero-order chi connectivity index (χ0) is 15.0. The minimum absolute atomic E-state index is 0.0958.